The van der Waals surface area contributed by atoms with Gasteiger partial charge in [-0.2, -0.15) is 0 Å². The topological polar surface area (TPSA) is 52.3 Å². The average molecular weight is 201 g/mol. The summed E-state index contributed by atoms with van der Waals surface area (Å²) in [5.41, 5.74) is 0.648. The Morgan fingerprint density at radius 2 is 1.60 bits per heavy atom. The molecule has 3 heterocycles. The number of hydrogen-bond donors (Lipinski definition) is 0. The van der Waals surface area contributed by atoms with Crippen LogP contribution in [-0.4, -0.2) is 4.98 Å². The van der Waals surface area contributed by atoms with Crippen molar-refractivity contribution >= 4 is 0 Å². The Morgan fingerprint density at radius 1 is 0.867 bits per heavy atom. The fourth-order valence-corrected chi connectivity index (χ4v) is 1.42. The molecule has 0 N–H and O–H groups in total. The molecule has 0 aliphatic heterocycles. The minimum Gasteiger partial charge on any atom is -0.463 e. The number of aromatic nitrogens is 1. The summed E-state index contributed by atoms with van der Waals surface area (Å²) >= 11 is 0. The third-order valence-electron chi connectivity index (χ3n) is 2.07. The molecule has 0 unspecified atom stereocenters. The number of hydrogen-bond acceptors (Lipinski definition) is 4. The SMILES string of the molecule is c1coc(-c2ncoc2-c2ccco2)c1. The predicted octanol–water partition coefficient (Wildman–Crippen LogP) is 3.19. The highest BCUT2D eigenvalue weighted by atomic mass is 16.4. The van der Waals surface area contributed by atoms with Gasteiger partial charge in [0.1, 0.15) is 0 Å². The summed E-state index contributed by atoms with van der Waals surface area (Å²) in [5.74, 6) is 1.88. The zero-order valence-electron chi connectivity index (χ0n) is 7.71. The fourth-order valence-electron chi connectivity index (χ4n) is 1.42. The normalized spacial score (nSPS) is 10.7. The van der Waals surface area contributed by atoms with Crippen molar-refractivity contribution in [3.05, 3.63) is 43.2 Å². The van der Waals surface area contributed by atoms with Crippen molar-refractivity contribution in [2.24, 2.45) is 0 Å². The molecule has 0 saturated heterocycles. The van der Waals surface area contributed by atoms with Crippen LogP contribution in [0.5, 0.6) is 0 Å². The zero-order chi connectivity index (χ0) is 10.1. The van der Waals surface area contributed by atoms with E-state index in [0.717, 1.165) is 0 Å². The minimum atomic E-state index is 0.579. The van der Waals surface area contributed by atoms with Crippen molar-refractivity contribution < 1.29 is 13.3 Å². The van der Waals surface area contributed by atoms with Gasteiger partial charge in [0.05, 0.1) is 12.5 Å². The Kier molecular flexibility index (Phi) is 1.71. The van der Waals surface area contributed by atoms with Crippen molar-refractivity contribution in [2.45, 2.75) is 0 Å². The molecule has 3 rings (SSSR count). The molecule has 0 aliphatic rings. The molecule has 4 heteroatoms. The quantitative estimate of drug-likeness (QED) is 0.638. The van der Waals surface area contributed by atoms with Gasteiger partial charge in [0.25, 0.3) is 0 Å². The van der Waals surface area contributed by atoms with Gasteiger partial charge in [-0.25, -0.2) is 4.98 Å². The molecule has 3 aromatic rings. The standard InChI is InChI=1S/C11H7NO3/c1-3-8(13-5-1)10-11(15-7-12-10)9-4-2-6-14-9/h1-7H. The average Bonchev–Trinajstić information content (AvgIpc) is 3.01. The van der Waals surface area contributed by atoms with Gasteiger partial charge in [0.15, 0.2) is 23.6 Å². The second kappa shape index (κ2) is 3.16. The zero-order valence-corrected chi connectivity index (χ0v) is 7.71. The third kappa shape index (κ3) is 1.27. The smallest absolute Gasteiger partial charge is 0.200 e. The summed E-state index contributed by atoms with van der Waals surface area (Å²) in [7, 11) is 0. The fraction of sp³-hybridized carbons (Fsp3) is 0. The van der Waals surface area contributed by atoms with Crippen molar-refractivity contribution in [2.75, 3.05) is 0 Å². The second-order valence-electron chi connectivity index (χ2n) is 2.98. The number of nitrogens with zero attached hydrogens (tertiary/aromatic N) is 1. The number of furan rings is 2. The summed E-state index contributed by atoms with van der Waals surface area (Å²) in [5, 5.41) is 0. The molecule has 3 aromatic heterocycles. The van der Waals surface area contributed by atoms with Crippen LogP contribution in [0.2, 0.25) is 0 Å². The van der Waals surface area contributed by atoms with Crippen LogP contribution in [0.15, 0.2) is 56.4 Å². The van der Waals surface area contributed by atoms with E-state index in [1.165, 1.54) is 6.39 Å². The number of rotatable bonds is 2. The molecule has 0 atom stereocenters. The van der Waals surface area contributed by atoms with Crippen LogP contribution >= 0.6 is 0 Å². The lowest BCUT2D eigenvalue weighted by molar-refractivity contribution is 0.520. The molecule has 0 bridgehead atoms. The molecule has 0 radical (unpaired) electrons. The Bertz CT molecular complexity index is 485. The number of oxazole rings is 1. The summed E-state index contributed by atoms with van der Waals surface area (Å²) in [6.45, 7) is 0. The van der Waals surface area contributed by atoms with E-state index in [-0.39, 0.29) is 0 Å². The molecule has 0 fully saturated rings. The Morgan fingerprint density at radius 3 is 2.27 bits per heavy atom. The summed E-state index contributed by atoms with van der Waals surface area (Å²) in [6, 6.07) is 7.23. The molecular formula is C11H7NO3. The lowest BCUT2D eigenvalue weighted by atomic mass is 10.2. The van der Waals surface area contributed by atoms with Gasteiger partial charge in [0, 0.05) is 0 Å². The molecule has 15 heavy (non-hydrogen) atoms. The highest BCUT2D eigenvalue weighted by molar-refractivity contribution is 5.70. The van der Waals surface area contributed by atoms with Crippen LogP contribution in [0.3, 0.4) is 0 Å². The summed E-state index contributed by atoms with van der Waals surface area (Å²) < 4.78 is 15.8. The van der Waals surface area contributed by atoms with E-state index < -0.39 is 0 Å². The van der Waals surface area contributed by atoms with Gasteiger partial charge in [0.2, 0.25) is 5.76 Å². The van der Waals surface area contributed by atoms with Crippen LogP contribution in [-0.2, 0) is 0 Å². The van der Waals surface area contributed by atoms with Crippen molar-refractivity contribution in [3.63, 3.8) is 0 Å². The lowest BCUT2D eigenvalue weighted by Crippen LogP contribution is -1.77. The Hall–Kier alpha value is -2.23. The Labute approximate surface area is 85.1 Å². The first-order valence-corrected chi connectivity index (χ1v) is 4.46. The summed E-state index contributed by atoms with van der Waals surface area (Å²) in [4.78, 5) is 4.09. The first kappa shape index (κ1) is 8.11. The van der Waals surface area contributed by atoms with E-state index in [4.69, 9.17) is 13.3 Å². The van der Waals surface area contributed by atoms with Crippen LogP contribution in [0.25, 0.3) is 23.0 Å². The second-order valence-corrected chi connectivity index (χ2v) is 2.98. The first-order chi connectivity index (χ1) is 7.45. The van der Waals surface area contributed by atoms with Gasteiger partial charge < -0.3 is 13.3 Å². The molecule has 0 aliphatic carbocycles. The molecule has 0 aromatic carbocycles. The highest BCUT2D eigenvalue weighted by Crippen LogP contribution is 2.31. The van der Waals surface area contributed by atoms with Crippen molar-refractivity contribution in [1.82, 2.24) is 4.98 Å². The first-order valence-electron chi connectivity index (χ1n) is 4.46. The molecular weight excluding hydrogens is 194 g/mol. The van der Waals surface area contributed by atoms with E-state index in [1.807, 2.05) is 12.1 Å². The molecule has 4 nitrogen and oxygen atoms in total. The maximum absolute atomic E-state index is 5.27. The molecule has 0 saturated carbocycles. The van der Waals surface area contributed by atoms with E-state index >= 15 is 0 Å². The van der Waals surface area contributed by atoms with Gasteiger partial charge >= 0.3 is 0 Å². The lowest BCUT2D eigenvalue weighted by Gasteiger charge is -1.93. The molecule has 0 amide bonds. The van der Waals surface area contributed by atoms with E-state index in [1.54, 1.807) is 24.7 Å². The van der Waals surface area contributed by atoms with Gasteiger partial charge in [-0.05, 0) is 24.3 Å². The monoisotopic (exact) mass is 201 g/mol. The van der Waals surface area contributed by atoms with Crippen LogP contribution in [0.1, 0.15) is 0 Å². The van der Waals surface area contributed by atoms with Gasteiger partial charge in [-0.15, -0.1) is 0 Å². The maximum Gasteiger partial charge on any atom is 0.200 e. The van der Waals surface area contributed by atoms with E-state index in [0.29, 0.717) is 23.0 Å². The van der Waals surface area contributed by atoms with E-state index in [9.17, 15) is 0 Å². The molecule has 0 spiro atoms. The predicted molar refractivity (Wildman–Crippen MR) is 51.9 cm³/mol. The largest absolute Gasteiger partial charge is 0.463 e. The van der Waals surface area contributed by atoms with Gasteiger partial charge in [-0.3, -0.25) is 0 Å². The Balaban J connectivity index is 2.15. The molecule has 74 valence electrons. The summed E-state index contributed by atoms with van der Waals surface area (Å²) in [6.07, 6.45) is 4.55. The van der Waals surface area contributed by atoms with Crippen LogP contribution in [0.4, 0.5) is 0 Å². The van der Waals surface area contributed by atoms with Crippen LogP contribution in [0, 0.1) is 0 Å². The minimum absolute atomic E-state index is 0.579. The van der Waals surface area contributed by atoms with Crippen LogP contribution < -0.4 is 0 Å². The third-order valence-corrected chi connectivity index (χ3v) is 2.07. The van der Waals surface area contributed by atoms with Crippen molar-refractivity contribution in [1.29, 1.82) is 0 Å². The van der Waals surface area contributed by atoms with Gasteiger partial charge in [-0.1, -0.05) is 0 Å². The van der Waals surface area contributed by atoms with E-state index in [2.05, 4.69) is 4.98 Å². The van der Waals surface area contributed by atoms with Crippen molar-refractivity contribution in [3.8, 4) is 23.0 Å². The highest BCUT2D eigenvalue weighted by Gasteiger charge is 2.16. The maximum atomic E-state index is 5.27.